The van der Waals surface area contributed by atoms with E-state index in [1.165, 1.54) is 6.07 Å². The number of benzene rings is 1. The summed E-state index contributed by atoms with van der Waals surface area (Å²) >= 11 is 0. The van der Waals surface area contributed by atoms with Gasteiger partial charge in [-0.15, -0.1) is 0 Å². The van der Waals surface area contributed by atoms with Crippen LogP contribution in [0, 0.1) is 5.82 Å². The number of aliphatic hydroxyl groups excluding tert-OH is 1. The Morgan fingerprint density at radius 3 is 2.71 bits per heavy atom. The Morgan fingerprint density at radius 1 is 1.41 bits per heavy atom. The number of aliphatic hydroxyl groups is 1. The fourth-order valence-electron chi connectivity index (χ4n) is 1.61. The number of ether oxygens (including phenoxy) is 1. The molecule has 0 saturated carbocycles. The van der Waals surface area contributed by atoms with Crippen molar-refractivity contribution in [1.82, 2.24) is 0 Å². The van der Waals surface area contributed by atoms with Gasteiger partial charge in [-0.3, -0.25) is 0 Å². The van der Waals surface area contributed by atoms with Gasteiger partial charge in [0.15, 0.2) is 0 Å². The minimum Gasteiger partial charge on any atom is -0.395 e. The number of anilines is 1. The molecule has 0 bridgehead atoms. The third-order valence-electron chi connectivity index (χ3n) is 2.52. The van der Waals surface area contributed by atoms with Gasteiger partial charge in [0.25, 0.3) is 0 Å². The molecule has 0 radical (unpaired) electrons. The summed E-state index contributed by atoms with van der Waals surface area (Å²) in [5.74, 6) is -0.322. The topological polar surface area (TPSA) is 58.7 Å². The summed E-state index contributed by atoms with van der Waals surface area (Å²) in [4.78, 5) is 1.75. The van der Waals surface area contributed by atoms with Crippen LogP contribution in [0.15, 0.2) is 18.2 Å². The standard InChI is InChI=1S/C12H19FN2O2/c1-17-7-5-15(4-6-16)12-3-2-10(9-14)8-11(12)13/h2-3,8,16H,4-7,9,14H2,1H3. The van der Waals surface area contributed by atoms with Gasteiger partial charge in [0.2, 0.25) is 0 Å². The van der Waals surface area contributed by atoms with E-state index in [9.17, 15) is 4.39 Å². The number of methoxy groups -OCH3 is 1. The normalized spacial score (nSPS) is 10.6. The van der Waals surface area contributed by atoms with Gasteiger partial charge in [0.05, 0.1) is 18.9 Å². The van der Waals surface area contributed by atoms with Crippen LogP contribution in [0.2, 0.25) is 0 Å². The summed E-state index contributed by atoms with van der Waals surface area (Å²) in [6.45, 7) is 1.69. The van der Waals surface area contributed by atoms with E-state index in [0.29, 0.717) is 31.9 Å². The third kappa shape index (κ3) is 3.96. The van der Waals surface area contributed by atoms with Gasteiger partial charge in [-0.2, -0.15) is 0 Å². The van der Waals surface area contributed by atoms with Crippen LogP contribution in [-0.2, 0) is 11.3 Å². The monoisotopic (exact) mass is 242 g/mol. The molecular formula is C12H19FN2O2. The Morgan fingerprint density at radius 2 is 2.18 bits per heavy atom. The lowest BCUT2D eigenvalue weighted by Crippen LogP contribution is -2.30. The Hall–Kier alpha value is -1.17. The minimum absolute atomic E-state index is 0.0260. The Labute approximate surface area is 101 Å². The van der Waals surface area contributed by atoms with Crippen LogP contribution >= 0.6 is 0 Å². The highest BCUT2D eigenvalue weighted by Crippen LogP contribution is 2.20. The van der Waals surface area contributed by atoms with Crippen molar-refractivity contribution in [2.24, 2.45) is 5.73 Å². The summed E-state index contributed by atoms with van der Waals surface area (Å²) in [6.07, 6.45) is 0. The molecule has 0 atom stereocenters. The van der Waals surface area contributed by atoms with Crippen molar-refractivity contribution in [2.45, 2.75) is 6.54 Å². The van der Waals surface area contributed by atoms with Crippen LogP contribution in [-0.4, -0.2) is 38.5 Å². The van der Waals surface area contributed by atoms with Crippen molar-refractivity contribution in [3.63, 3.8) is 0 Å². The van der Waals surface area contributed by atoms with Crippen molar-refractivity contribution in [1.29, 1.82) is 0 Å². The number of hydrogen-bond donors (Lipinski definition) is 2. The molecule has 0 unspecified atom stereocenters. The Balaban J connectivity index is 2.85. The van der Waals surface area contributed by atoms with E-state index in [1.807, 2.05) is 0 Å². The summed E-state index contributed by atoms with van der Waals surface area (Å²) in [5, 5.41) is 8.96. The van der Waals surface area contributed by atoms with E-state index in [1.54, 1.807) is 24.1 Å². The maximum atomic E-state index is 13.8. The van der Waals surface area contributed by atoms with Gasteiger partial charge in [-0.25, -0.2) is 4.39 Å². The van der Waals surface area contributed by atoms with Gasteiger partial charge in [-0.05, 0) is 17.7 Å². The van der Waals surface area contributed by atoms with Gasteiger partial charge >= 0.3 is 0 Å². The van der Waals surface area contributed by atoms with Crippen LogP contribution in [0.1, 0.15) is 5.56 Å². The third-order valence-corrected chi connectivity index (χ3v) is 2.52. The van der Waals surface area contributed by atoms with E-state index in [2.05, 4.69) is 0 Å². The first-order valence-electron chi connectivity index (χ1n) is 5.56. The van der Waals surface area contributed by atoms with Gasteiger partial charge in [0, 0.05) is 26.7 Å². The average Bonchev–Trinajstić information content (AvgIpc) is 2.34. The highest BCUT2D eigenvalue weighted by molar-refractivity contribution is 5.49. The van der Waals surface area contributed by atoms with Crippen molar-refractivity contribution in [3.05, 3.63) is 29.6 Å². The van der Waals surface area contributed by atoms with Crippen LogP contribution < -0.4 is 10.6 Å². The number of halogens is 1. The SMILES string of the molecule is COCCN(CCO)c1ccc(CN)cc1F. The lowest BCUT2D eigenvalue weighted by molar-refractivity contribution is 0.202. The molecule has 0 spiro atoms. The molecule has 5 heteroatoms. The van der Waals surface area contributed by atoms with E-state index in [4.69, 9.17) is 15.6 Å². The molecule has 1 aromatic rings. The summed E-state index contributed by atoms with van der Waals surface area (Å²) in [6, 6.07) is 4.89. The molecule has 0 fully saturated rings. The van der Waals surface area contributed by atoms with Crippen LogP contribution in [0.3, 0.4) is 0 Å². The van der Waals surface area contributed by atoms with Crippen LogP contribution in [0.25, 0.3) is 0 Å². The fourth-order valence-corrected chi connectivity index (χ4v) is 1.61. The van der Waals surface area contributed by atoms with E-state index in [-0.39, 0.29) is 12.4 Å². The number of nitrogens with two attached hydrogens (primary N) is 1. The number of nitrogens with zero attached hydrogens (tertiary/aromatic N) is 1. The molecule has 0 aromatic heterocycles. The van der Waals surface area contributed by atoms with Gasteiger partial charge in [0.1, 0.15) is 5.82 Å². The lowest BCUT2D eigenvalue weighted by atomic mass is 10.2. The van der Waals surface area contributed by atoms with Gasteiger partial charge < -0.3 is 20.5 Å². The molecule has 17 heavy (non-hydrogen) atoms. The Bertz CT molecular complexity index is 347. The van der Waals surface area contributed by atoms with Crippen LogP contribution in [0.4, 0.5) is 10.1 Å². The molecule has 0 aliphatic carbocycles. The molecule has 3 N–H and O–H groups in total. The highest BCUT2D eigenvalue weighted by atomic mass is 19.1. The Kier molecular flexibility index (Phi) is 5.90. The van der Waals surface area contributed by atoms with Crippen molar-refractivity contribution in [3.8, 4) is 0 Å². The number of hydrogen-bond acceptors (Lipinski definition) is 4. The second kappa shape index (κ2) is 7.21. The first kappa shape index (κ1) is 13.9. The van der Waals surface area contributed by atoms with E-state index >= 15 is 0 Å². The first-order valence-corrected chi connectivity index (χ1v) is 5.56. The predicted molar refractivity (Wildman–Crippen MR) is 65.5 cm³/mol. The maximum Gasteiger partial charge on any atom is 0.146 e. The van der Waals surface area contributed by atoms with E-state index in [0.717, 1.165) is 5.56 Å². The molecule has 0 saturated heterocycles. The van der Waals surface area contributed by atoms with Crippen molar-refractivity contribution >= 4 is 5.69 Å². The second-order valence-corrected chi connectivity index (χ2v) is 3.69. The molecule has 1 rings (SSSR count). The molecular weight excluding hydrogens is 223 g/mol. The molecule has 0 heterocycles. The quantitative estimate of drug-likeness (QED) is 0.740. The zero-order valence-corrected chi connectivity index (χ0v) is 10.0. The zero-order chi connectivity index (χ0) is 12.7. The van der Waals surface area contributed by atoms with Crippen LogP contribution in [0.5, 0.6) is 0 Å². The predicted octanol–water partition coefficient (Wildman–Crippen LogP) is 0.730. The van der Waals surface area contributed by atoms with Crippen molar-refractivity contribution < 1.29 is 14.2 Å². The highest BCUT2D eigenvalue weighted by Gasteiger charge is 2.11. The van der Waals surface area contributed by atoms with Gasteiger partial charge in [-0.1, -0.05) is 6.07 Å². The molecule has 0 aliphatic heterocycles. The van der Waals surface area contributed by atoms with Crippen molar-refractivity contribution in [2.75, 3.05) is 38.3 Å². The molecule has 0 aliphatic rings. The lowest BCUT2D eigenvalue weighted by Gasteiger charge is -2.24. The molecule has 4 nitrogen and oxygen atoms in total. The fraction of sp³-hybridized carbons (Fsp3) is 0.500. The summed E-state index contributed by atoms with van der Waals surface area (Å²) in [7, 11) is 1.59. The smallest absolute Gasteiger partial charge is 0.146 e. The summed E-state index contributed by atoms with van der Waals surface area (Å²) < 4.78 is 18.8. The second-order valence-electron chi connectivity index (χ2n) is 3.69. The zero-order valence-electron chi connectivity index (χ0n) is 10.0. The largest absolute Gasteiger partial charge is 0.395 e. The number of rotatable bonds is 7. The molecule has 96 valence electrons. The first-order chi connectivity index (χ1) is 8.22. The average molecular weight is 242 g/mol. The van der Waals surface area contributed by atoms with E-state index < -0.39 is 0 Å². The minimum atomic E-state index is -0.322. The molecule has 0 amide bonds. The molecule has 1 aromatic carbocycles. The maximum absolute atomic E-state index is 13.8. The summed E-state index contributed by atoms with van der Waals surface area (Å²) in [5.41, 5.74) is 6.66.